The van der Waals surface area contributed by atoms with Crippen molar-refractivity contribution < 1.29 is 25.8 Å². The molecule has 0 radical (unpaired) electrons. The van der Waals surface area contributed by atoms with Crippen molar-refractivity contribution in [1.29, 1.82) is 0 Å². The largest absolute Gasteiger partial charge is 2.00 e. The van der Waals surface area contributed by atoms with E-state index in [0.29, 0.717) is 11.5 Å². The van der Waals surface area contributed by atoms with Crippen molar-refractivity contribution in [3.05, 3.63) is 113 Å². The van der Waals surface area contributed by atoms with Crippen molar-refractivity contribution in [2.75, 3.05) is 0 Å². The minimum absolute atomic E-state index is 0. The summed E-state index contributed by atoms with van der Waals surface area (Å²) in [6, 6.07) is 33.1. The van der Waals surface area contributed by atoms with Crippen LogP contribution in [0, 0.1) is 24.5 Å². The first-order chi connectivity index (χ1) is 22.9. The van der Waals surface area contributed by atoms with E-state index in [1.54, 1.807) is 11.3 Å². The fourth-order valence-corrected chi connectivity index (χ4v) is 8.75. The van der Waals surface area contributed by atoms with Gasteiger partial charge in [-0.25, -0.2) is 16.3 Å². The molecule has 49 heavy (non-hydrogen) atoms. The molecule has 0 fully saturated rings. The summed E-state index contributed by atoms with van der Waals surface area (Å²) >= 11 is 3.48. The van der Waals surface area contributed by atoms with E-state index in [-0.39, 0.29) is 31.9 Å². The summed E-state index contributed by atoms with van der Waals surface area (Å²) in [5.74, 6) is 2.21. The van der Waals surface area contributed by atoms with Crippen molar-refractivity contribution in [2.45, 2.75) is 60.3 Å². The summed E-state index contributed by atoms with van der Waals surface area (Å²) in [5, 5.41) is 4.78. The van der Waals surface area contributed by atoms with Crippen LogP contribution in [0.15, 0.2) is 85.2 Å². The van der Waals surface area contributed by atoms with Gasteiger partial charge in [-0.15, -0.1) is 34.9 Å². The predicted molar refractivity (Wildman–Crippen MR) is 203 cm³/mol. The molecule has 3 aromatic carbocycles. The molecule has 5 aromatic heterocycles. The number of thiophene rings is 2. The summed E-state index contributed by atoms with van der Waals surface area (Å²) in [4.78, 5) is 11.7. The third-order valence-corrected chi connectivity index (χ3v) is 11.0. The number of nitrogens with zero attached hydrogens (tertiary/aromatic N) is 3. The van der Waals surface area contributed by atoms with Crippen LogP contribution >= 0.6 is 22.7 Å². The first-order valence-electron chi connectivity index (χ1n) is 16.4. The minimum Gasteiger partial charge on any atom is -0.508 e. The number of aromatic nitrogens is 3. The summed E-state index contributed by atoms with van der Waals surface area (Å²) in [6.45, 7) is 15.6. The molecule has 0 spiro atoms. The zero-order valence-corrected chi connectivity index (χ0v) is 32.6. The van der Waals surface area contributed by atoms with Gasteiger partial charge in [0.1, 0.15) is 5.82 Å². The fourth-order valence-electron chi connectivity index (χ4n) is 6.54. The number of hydrogen-bond acceptors (Lipinski definition) is 5. The summed E-state index contributed by atoms with van der Waals surface area (Å²) in [7, 11) is 0. The maximum Gasteiger partial charge on any atom is 2.00 e. The molecule has 0 saturated carbocycles. The molecule has 7 heteroatoms. The van der Waals surface area contributed by atoms with Crippen LogP contribution in [0.25, 0.3) is 58.4 Å². The van der Waals surface area contributed by atoms with E-state index in [1.165, 1.54) is 31.3 Å². The zero-order chi connectivity index (χ0) is 33.4. The molecule has 248 valence electrons. The van der Waals surface area contributed by atoms with E-state index in [4.69, 9.17) is 14.7 Å². The second kappa shape index (κ2) is 12.5. The number of rotatable bonds is 5. The van der Waals surface area contributed by atoms with Crippen LogP contribution in [-0.2, 0) is 32.9 Å². The number of hydrogen-bond donors (Lipinski definition) is 0. The number of pyridine rings is 2. The molecule has 0 amide bonds. The Hall–Kier alpha value is -3.83. The first kappa shape index (κ1) is 33.7. The second-order valence-electron chi connectivity index (χ2n) is 14.8. The van der Waals surface area contributed by atoms with E-state index < -0.39 is 0 Å². The third kappa shape index (κ3) is 6.24. The van der Waals surface area contributed by atoms with E-state index >= 15 is 0 Å². The number of para-hydroxylation sites is 1. The van der Waals surface area contributed by atoms with Crippen LogP contribution in [0.2, 0.25) is 0 Å². The smallest absolute Gasteiger partial charge is 0.508 e. The fraction of sp³-hybridized carbons (Fsp3) is 0.238. The van der Waals surface area contributed by atoms with Gasteiger partial charge in [0.25, 0.3) is 0 Å². The Kier molecular flexibility index (Phi) is 8.58. The topological polar surface area (TPSA) is 39.9 Å². The average Bonchev–Trinajstić information content (AvgIpc) is 3.70. The van der Waals surface area contributed by atoms with Gasteiger partial charge in [0.05, 0.1) is 0 Å². The zero-order valence-electron chi connectivity index (χ0n) is 28.7. The molecule has 0 saturated heterocycles. The minimum atomic E-state index is 0. The van der Waals surface area contributed by atoms with Crippen molar-refractivity contribution in [3.63, 3.8) is 0 Å². The quantitative estimate of drug-likeness (QED) is 0.162. The Morgan fingerprint density at radius 2 is 1.55 bits per heavy atom. The number of benzene rings is 3. The molecule has 4 nitrogen and oxygen atoms in total. The molecule has 0 atom stereocenters. The molecule has 0 aliphatic rings. The predicted octanol–water partition coefficient (Wildman–Crippen LogP) is 12.3. The summed E-state index contributed by atoms with van der Waals surface area (Å²) < 4.78 is 11.2. The Morgan fingerprint density at radius 1 is 0.776 bits per heavy atom. The van der Waals surface area contributed by atoms with E-state index in [1.807, 2.05) is 29.8 Å². The van der Waals surface area contributed by atoms with Crippen LogP contribution < -0.4 is 4.74 Å². The SMILES string of the molecule is Cc1sc(-c2nccc3c2sc2cc(CC(C)(C)C)ccc23)[c-]c1Oc1[c-]c2c(cc1)c1ccccc1n2-c1cc(C(C)(C)C)ccn1.[Pt+2]. The van der Waals surface area contributed by atoms with E-state index in [0.717, 1.165) is 49.5 Å². The third-order valence-electron chi connectivity index (χ3n) is 8.81. The van der Waals surface area contributed by atoms with Crippen molar-refractivity contribution in [1.82, 2.24) is 14.5 Å². The van der Waals surface area contributed by atoms with E-state index in [2.05, 4.69) is 132 Å². The monoisotopic (exact) mass is 858 g/mol. The van der Waals surface area contributed by atoms with Gasteiger partial charge in [0.15, 0.2) is 0 Å². The van der Waals surface area contributed by atoms with Crippen molar-refractivity contribution in [3.8, 4) is 27.9 Å². The number of aryl methyl sites for hydroxylation is 1. The van der Waals surface area contributed by atoms with Gasteiger partial charge in [-0.2, -0.15) is 6.07 Å². The van der Waals surface area contributed by atoms with Crippen LogP contribution in [0.4, 0.5) is 0 Å². The molecule has 0 unspecified atom stereocenters. The van der Waals surface area contributed by atoms with Crippen LogP contribution in [0.3, 0.4) is 0 Å². The molecule has 0 bridgehead atoms. The van der Waals surface area contributed by atoms with Gasteiger partial charge in [0, 0.05) is 38.8 Å². The second-order valence-corrected chi connectivity index (χ2v) is 17.1. The molecule has 0 aliphatic carbocycles. The molecule has 8 aromatic rings. The Balaban J connectivity index is 0.00000378. The number of ether oxygens (including phenoxy) is 1. The van der Waals surface area contributed by atoms with Crippen molar-refractivity contribution >= 4 is 64.7 Å². The van der Waals surface area contributed by atoms with Gasteiger partial charge in [-0.1, -0.05) is 94.1 Å². The van der Waals surface area contributed by atoms with E-state index in [9.17, 15) is 0 Å². The molecular formula is C42H37N3OPtS2. The van der Waals surface area contributed by atoms with Crippen LogP contribution in [0.5, 0.6) is 11.5 Å². The van der Waals surface area contributed by atoms with Gasteiger partial charge in [0.2, 0.25) is 0 Å². The summed E-state index contributed by atoms with van der Waals surface area (Å²) in [5.41, 5.74) is 5.82. The van der Waals surface area contributed by atoms with Crippen LogP contribution in [0.1, 0.15) is 57.5 Å². The molecule has 5 heterocycles. The summed E-state index contributed by atoms with van der Waals surface area (Å²) in [6.07, 6.45) is 4.86. The normalized spacial score (nSPS) is 12.3. The van der Waals surface area contributed by atoms with Gasteiger partial charge in [-0.3, -0.25) is 0 Å². The van der Waals surface area contributed by atoms with Gasteiger partial charge in [-0.05, 0) is 80.6 Å². The maximum absolute atomic E-state index is 6.56. The van der Waals surface area contributed by atoms with Crippen LogP contribution in [-0.4, -0.2) is 14.5 Å². The molecule has 0 aliphatic heterocycles. The molecule has 0 N–H and O–H groups in total. The molecular weight excluding hydrogens is 822 g/mol. The van der Waals surface area contributed by atoms with Gasteiger partial charge >= 0.3 is 21.1 Å². The van der Waals surface area contributed by atoms with Gasteiger partial charge < -0.3 is 14.3 Å². The Morgan fingerprint density at radius 3 is 2.35 bits per heavy atom. The Labute approximate surface area is 310 Å². The average molecular weight is 859 g/mol. The maximum atomic E-state index is 6.56. The van der Waals surface area contributed by atoms with Crippen molar-refractivity contribution in [2.24, 2.45) is 5.41 Å². The Bertz CT molecular complexity index is 2510. The standard InChI is InChI=1S/C42H37N3OS2.Pt/c1-25-35(23-37(47-25)39-40-32(17-19-44-39)31-14-12-26(20-36(31)48-40)24-41(2,3)4)46-28-13-15-30-29-10-8-9-11-33(29)45(34(30)22-28)38-21-27(16-18-43-38)42(5,6)7;/h8-21H,24H2,1-7H3;/q-2;+2. The number of fused-ring (bicyclic) bond motifs is 6. The molecule has 8 rings (SSSR count). The first-order valence-corrected chi connectivity index (χ1v) is 18.0.